The van der Waals surface area contributed by atoms with Gasteiger partial charge in [-0.15, -0.1) is 0 Å². The summed E-state index contributed by atoms with van der Waals surface area (Å²) in [6, 6.07) is 0. The molecule has 2 aliphatic rings. The minimum absolute atomic E-state index is 0.0290. The van der Waals surface area contributed by atoms with E-state index in [4.69, 9.17) is 9.47 Å². The molecular formula is C18H24F3N3O4. The van der Waals surface area contributed by atoms with Crippen molar-refractivity contribution in [3.05, 3.63) is 18.0 Å². The van der Waals surface area contributed by atoms with Crippen LogP contribution in [0.4, 0.5) is 19.1 Å². The van der Waals surface area contributed by atoms with Crippen LogP contribution in [0.2, 0.25) is 0 Å². The fourth-order valence-electron chi connectivity index (χ4n) is 3.65. The molecule has 2 aliphatic heterocycles. The first-order chi connectivity index (χ1) is 13.3. The van der Waals surface area contributed by atoms with Gasteiger partial charge in [0, 0.05) is 44.4 Å². The van der Waals surface area contributed by atoms with Gasteiger partial charge in [0.1, 0.15) is 0 Å². The molecule has 3 rings (SSSR count). The first kappa shape index (κ1) is 20.8. The van der Waals surface area contributed by atoms with Crippen molar-refractivity contribution in [2.45, 2.75) is 44.6 Å². The molecule has 10 heteroatoms. The number of alkyl halides is 3. The van der Waals surface area contributed by atoms with Crippen molar-refractivity contribution in [2.24, 2.45) is 11.8 Å². The van der Waals surface area contributed by atoms with Gasteiger partial charge in [0.25, 0.3) is 0 Å². The van der Waals surface area contributed by atoms with Crippen LogP contribution >= 0.6 is 0 Å². The summed E-state index contributed by atoms with van der Waals surface area (Å²) in [5, 5.41) is 9.18. The number of carboxylic acid groups (broad SMARTS) is 1. The molecule has 28 heavy (non-hydrogen) atoms. The van der Waals surface area contributed by atoms with Crippen LogP contribution in [-0.4, -0.2) is 53.6 Å². The summed E-state index contributed by atoms with van der Waals surface area (Å²) in [6.07, 6.45) is 0.226. The van der Waals surface area contributed by atoms with Gasteiger partial charge in [-0.2, -0.15) is 13.2 Å². The zero-order valence-electron chi connectivity index (χ0n) is 15.4. The zero-order chi connectivity index (χ0) is 20.1. The lowest BCUT2D eigenvalue weighted by molar-refractivity contribution is -0.172. The highest BCUT2D eigenvalue weighted by atomic mass is 19.4. The van der Waals surface area contributed by atoms with Crippen molar-refractivity contribution in [1.82, 2.24) is 9.97 Å². The highest BCUT2D eigenvalue weighted by Crippen LogP contribution is 2.31. The molecule has 0 amide bonds. The van der Waals surface area contributed by atoms with Gasteiger partial charge < -0.3 is 19.5 Å². The van der Waals surface area contributed by atoms with Crippen LogP contribution in [0, 0.1) is 11.8 Å². The van der Waals surface area contributed by atoms with Gasteiger partial charge in [-0.05, 0) is 31.6 Å². The molecule has 0 radical (unpaired) electrons. The number of carboxylic acids is 1. The smallest absolute Gasteiger partial charge is 0.419 e. The molecule has 0 aliphatic carbocycles. The minimum atomic E-state index is -4.48. The number of aliphatic carboxylic acids is 1. The number of hydrogen-bond donors (Lipinski definition) is 1. The summed E-state index contributed by atoms with van der Waals surface area (Å²) in [5.74, 6) is -0.836. The van der Waals surface area contributed by atoms with E-state index >= 15 is 0 Å². The predicted octanol–water partition coefficient (Wildman–Crippen LogP) is 2.96. The molecule has 2 fully saturated rings. The summed E-state index contributed by atoms with van der Waals surface area (Å²) in [4.78, 5) is 20.7. The Kier molecular flexibility index (Phi) is 6.71. The van der Waals surface area contributed by atoms with Gasteiger partial charge in [0.2, 0.25) is 5.95 Å². The highest BCUT2D eigenvalue weighted by Gasteiger charge is 2.34. The number of carbonyl (C=O) groups is 1. The van der Waals surface area contributed by atoms with Gasteiger partial charge >= 0.3 is 12.1 Å². The van der Waals surface area contributed by atoms with Crippen molar-refractivity contribution >= 4 is 11.9 Å². The molecule has 3 heterocycles. The van der Waals surface area contributed by atoms with E-state index < -0.39 is 17.7 Å². The fraction of sp³-hybridized carbons (Fsp3) is 0.722. The highest BCUT2D eigenvalue weighted by molar-refractivity contribution is 5.67. The number of piperidine rings is 1. The molecule has 156 valence electrons. The van der Waals surface area contributed by atoms with Crippen LogP contribution in [0.3, 0.4) is 0 Å². The fourth-order valence-corrected chi connectivity index (χ4v) is 3.65. The third-order valence-corrected chi connectivity index (χ3v) is 5.21. The average molecular weight is 403 g/mol. The Hall–Kier alpha value is -1.94. The third kappa shape index (κ3) is 5.54. The first-order valence-electron chi connectivity index (χ1n) is 9.42. The van der Waals surface area contributed by atoms with E-state index in [9.17, 15) is 23.1 Å². The van der Waals surface area contributed by atoms with Crippen molar-refractivity contribution in [3.8, 4) is 0 Å². The maximum Gasteiger partial charge on any atom is 0.419 e. The number of aromatic nitrogens is 2. The van der Waals surface area contributed by atoms with Crippen molar-refractivity contribution in [3.63, 3.8) is 0 Å². The molecule has 1 N–H and O–H groups in total. The molecule has 0 bridgehead atoms. The Morgan fingerprint density at radius 1 is 1.25 bits per heavy atom. The Balaban J connectivity index is 1.65. The quantitative estimate of drug-likeness (QED) is 0.782. The average Bonchev–Trinajstić information content (AvgIpc) is 2.67. The van der Waals surface area contributed by atoms with Crippen molar-refractivity contribution in [2.75, 3.05) is 31.2 Å². The summed E-state index contributed by atoms with van der Waals surface area (Å²) >= 11 is 0. The Labute approximate surface area is 160 Å². The number of halogens is 3. The molecule has 3 unspecified atom stereocenters. The minimum Gasteiger partial charge on any atom is -0.481 e. The summed E-state index contributed by atoms with van der Waals surface area (Å²) < 4.78 is 49.5. The predicted molar refractivity (Wildman–Crippen MR) is 92.6 cm³/mol. The second-order valence-corrected chi connectivity index (χ2v) is 7.25. The first-order valence-corrected chi connectivity index (χ1v) is 9.42. The lowest BCUT2D eigenvalue weighted by Crippen LogP contribution is -2.44. The zero-order valence-corrected chi connectivity index (χ0v) is 15.4. The Bertz CT molecular complexity index is 650. The van der Waals surface area contributed by atoms with Gasteiger partial charge in [-0.1, -0.05) is 0 Å². The second kappa shape index (κ2) is 9.04. The standard InChI is InChI=1S/C18H24F3N3O4/c19-18(20,21)14-8-22-17(23-9-14)24-5-4-12(7-15(25)26)13(10-24)11-28-16-3-1-2-6-27-16/h8-9,12-13,16H,1-7,10-11H2,(H,25,26). The normalized spacial score (nSPS) is 26.2. The topological polar surface area (TPSA) is 84.8 Å². The molecule has 0 aromatic carbocycles. The van der Waals surface area contributed by atoms with Crippen LogP contribution in [0.15, 0.2) is 12.4 Å². The van der Waals surface area contributed by atoms with E-state index in [0.717, 1.165) is 31.7 Å². The lowest BCUT2D eigenvalue weighted by Gasteiger charge is -2.38. The van der Waals surface area contributed by atoms with Crippen LogP contribution in [0.25, 0.3) is 0 Å². The maximum atomic E-state index is 12.7. The van der Waals surface area contributed by atoms with Crippen molar-refractivity contribution in [1.29, 1.82) is 0 Å². The number of rotatable bonds is 6. The number of ether oxygens (including phenoxy) is 2. The maximum absolute atomic E-state index is 12.7. The van der Waals surface area contributed by atoms with E-state index in [0.29, 0.717) is 32.7 Å². The van der Waals surface area contributed by atoms with Gasteiger partial charge in [-0.3, -0.25) is 4.79 Å². The molecule has 0 saturated carbocycles. The van der Waals surface area contributed by atoms with Crippen molar-refractivity contribution < 1.29 is 32.5 Å². The van der Waals surface area contributed by atoms with E-state index in [1.807, 2.05) is 0 Å². The molecule has 3 atom stereocenters. The van der Waals surface area contributed by atoms with E-state index in [1.165, 1.54) is 0 Å². The SMILES string of the molecule is O=C(O)CC1CCN(c2ncc(C(F)(F)F)cn2)CC1COC1CCCCO1. The van der Waals surface area contributed by atoms with Gasteiger partial charge in [-0.25, -0.2) is 9.97 Å². The van der Waals surface area contributed by atoms with Gasteiger partial charge in [0.05, 0.1) is 12.2 Å². The molecule has 0 spiro atoms. The lowest BCUT2D eigenvalue weighted by atomic mass is 9.83. The monoisotopic (exact) mass is 403 g/mol. The summed E-state index contributed by atoms with van der Waals surface area (Å²) in [6.45, 7) is 1.90. The summed E-state index contributed by atoms with van der Waals surface area (Å²) in [5.41, 5.74) is -0.897. The number of anilines is 1. The van der Waals surface area contributed by atoms with Crippen LogP contribution in [0.1, 0.15) is 37.7 Å². The Morgan fingerprint density at radius 2 is 2.00 bits per heavy atom. The van der Waals surface area contributed by atoms with Crippen LogP contribution < -0.4 is 4.90 Å². The third-order valence-electron chi connectivity index (χ3n) is 5.21. The largest absolute Gasteiger partial charge is 0.481 e. The molecule has 1 aromatic rings. The Morgan fingerprint density at radius 3 is 2.61 bits per heavy atom. The number of hydrogen-bond acceptors (Lipinski definition) is 6. The second-order valence-electron chi connectivity index (χ2n) is 7.25. The molecular weight excluding hydrogens is 379 g/mol. The van der Waals surface area contributed by atoms with E-state index in [2.05, 4.69) is 9.97 Å². The van der Waals surface area contributed by atoms with Crippen LogP contribution in [0.5, 0.6) is 0 Å². The van der Waals surface area contributed by atoms with E-state index in [-0.39, 0.29) is 30.5 Å². The number of nitrogens with zero attached hydrogens (tertiary/aromatic N) is 3. The molecule has 7 nitrogen and oxygen atoms in total. The van der Waals surface area contributed by atoms with E-state index in [1.54, 1.807) is 4.90 Å². The molecule has 2 saturated heterocycles. The van der Waals surface area contributed by atoms with Gasteiger partial charge in [0.15, 0.2) is 6.29 Å². The van der Waals surface area contributed by atoms with Crippen LogP contribution in [-0.2, 0) is 20.4 Å². The molecule has 1 aromatic heterocycles. The summed E-state index contributed by atoms with van der Waals surface area (Å²) in [7, 11) is 0.